The topological polar surface area (TPSA) is 103 Å². The Labute approximate surface area is 177 Å². The van der Waals surface area contributed by atoms with Gasteiger partial charge in [-0.05, 0) is 43.9 Å². The molecule has 2 saturated carbocycles. The second kappa shape index (κ2) is 8.55. The number of aliphatic hydroxyl groups is 1. The molecule has 0 bridgehead atoms. The summed E-state index contributed by atoms with van der Waals surface area (Å²) in [5.41, 5.74) is 4.39. The van der Waals surface area contributed by atoms with Gasteiger partial charge in [-0.25, -0.2) is 4.39 Å². The summed E-state index contributed by atoms with van der Waals surface area (Å²) in [6.07, 6.45) is 3.39. The fraction of sp³-hybridized carbons (Fsp3) is 0.950. The van der Waals surface area contributed by atoms with Gasteiger partial charge in [-0.1, -0.05) is 6.92 Å². The number of rotatable bonds is 5. The van der Waals surface area contributed by atoms with Gasteiger partial charge in [0.15, 0.2) is 5.67 Å². The van der Waals surface area contributed by atoms with Crippen LogP contribution in [0.1, 0.15) is 39.0 Å². The average Bonchev–Trinajstić information content (AvgIpc) is 3.37. The van der Waals surface area contributed by atoms with E-state index >= 15 is 0 Å². The SMILES string of the molecule is CC1CCC(C2NCC(CNC(=O)C3(F)CC3)C(N3C[C@H](N)[C@@H](O)C3)N2)CC1Cl. The normalized spacial score (nSPS) is 45.1. The third-order valence-corrected chi connectivity index (χ3v) is 7.99. The third kappa shape index (κ3) is 4.72. The van der Waals surface area contributed by atoms with Crippen LogP contribution in [0.3, 0.4) is 0 Å². The molecule has 2 saturated heterocycles. The zero-order valence-electron chi connectivity index (χ0n) is 17.1. The van der Waals surface area contributed by atoms with E-state index in [1.54, 1.807) is 0 Å². The first-order valence-corrected chi connectivity index (χ1v) is 11.5. The second-order valence-electron chi connectivity index (χ2n) is 9.68. The number of hydrogen-bond acceptors (Lipinski definition) is 6. The fourth-order valence-corrected chi connectivity index (χ4v) is 5.40. The molecule has 0 aromatic heterocycles. The van der Waals surface area contributed by atoms with Gasteiger partial charge in [0.25, 0.3) is 5.91 Å². The maximum Gasteiger partial charge on any atom is 0.257 e. The monoisotopic (exact) mass is 431 g/mol. The lowest BCUT2D eigenvalue weighted by Gasteiger charge is -2.47. The average molecular weight is 432 g/mol. The summed E-state index contributed by atoms with van der Waals surface area (Å²) in [5, 5.41) is 20.4. The van der Waals surface area contributed by atoms with Crippen LogP contribution in [0, 0.1) is 17.8 Å². The van der Waals surface area contributed by atoms with Crippen molar-refractivity contribution in [3.8, 4) is 0 Å². The number of nitrogens with one attached hydrogen (secondary N) is 3. The molecule has 2 aliphatic carbocycles. The Morgan fingerprint density at radius 3 is 2.76 bits per heavy atom. The van der Waals surface area contributed by atoms with Crippen LogP contribution in [0.4, 0.5) is 4.39 Å². The number of β-amino-alcohol motifs (C(OH)–C–C–N with tert-alkyl or cyclic N) is 1. The van der Waals surface area contributed by atoms with Gasteiger partial charge in [0.1, 0.15) is 0 Å². The quantitative estimate of drug-likeness (QED) is 0.396. The van der Waals surface area contributed by atoms with E-state index in [-0.39, 0.29) is 29.7 Å². The van der Waals surface area contributed by atoms with Gasteiger partial charge in [-0.3, -0.25) is 15.0 Å². The van der Waals surface area contributed by atoms with Gasteiger partial charge >= 0.3 is 0 Å². The van der Waals surface area contributed by atoms with Crippen LogP contribution in [0.15, 0.2) is 0 Å². The summed E-state index contributed by atoms with van der Waals surface area (Å²) in [7, 11) is 0. The highest BCUT2D eigenvalue weighted by molar-refractivity contribution is 6.20. The Bertz CT molecular complexity index is 599. The molecule has 0 spiro atoms. The first-order chi connectivity index (χ1) is 13.8. The maximum absolute atomic E-state index is 14.0. The standard InChI is InChI=1S/C20H35ClFN5O2/c1-11-2-3-12(6-14(11)21)17-24-7-13(8-25-19(29)20(22)4-5-20)18(26-17)27-9-15(23)16(28)10-27/h11-18,24,26,28H,2-10,23H2,1H3,(H,25,29)/t11?,12?,13?,14?,15-,16-,17?,18?/m0/s1. The van der Waals surface area contributed by atoms with E-state index in [0.29, 0.717) is 50.9 Å². The Balaban J connectivity index is 1.41. The van der Waals surface area contributed by atoms with E-state index in [1.807, 2.05) is 0 Å². The predicted molar refractivity (Wildman–Crippen MR) is 110 cm³/mol. The van der Waals surface area contributed by atoms with E-state index in [0.717, 1.165) is 19.3 Å². The zero-order valence-corrected chi connectivity index (χ0v) is 17.9. The molecule has 2 aliphatic heterocycles. The highest BCUT2D eigenvalue weighted by atomic mass is 35.5. The molecule has 6 unspecified atom stereocenters. The second-order valence-corrected chi connectivity index (χ2v) is 10.2. The summed E-state index contributed by atoms with van der Waals surface area (Å²) in [5.74, 6) is 0.540. The summed E-state index contributed by atoms with van der Waals surface area (Å²) < 4.78 is 14.0. The van der Waals surface area contributed by atoms with Crippen molar-refractivity contribution in [2.75, 3.05) is 26.2 Å². The van der Waals surface area contributed by atoms with Crippen molar-refractivity contribution in [2.24, 2.45) is 23.5 Å². The van der Waals surface area contributed by atoms with E-state index in [9.17, 15) is 14.3 Å². The molecule has 4 rings (SSSR count). The molecule has 4 aliphatic rings. The molecule has 9 heteroatoms. The molecule has 2 heterocycles. The molecule has 7 nitrogen and oxygen atoms in total. The lowest BCUT2D eigenvalue weighted by Crippen LogP contribution is -2.68. The molecule has 1 amide bonds. The zero-order chi connectivity index (χ0) is 20.8. The van der Waals surface area contributed by atoms with Gasteiger partial charge in [-0.15, -0.1) is 11.6 Å². The van der Waals surface area contributed by atoms with Crippen molar-refractivity contribution < 1.29 is 14.3 Å². The first kappa shape index (κ1) is 21.7. The number of likely N-dealkylation sites (tertiary alicyclic amines) is 1. The number of amides is 1. The van der Waals surface area contributed by atoms with Gasteiger partial charge in [0, 0.05) is 43.5 Å². The van der Waals surface area contributed by atoms with Crippen molar-refractivity contribution in [3.63, 3.8) is 0 Å². The van der Waals surface area contributed by atoms with Crippen LogP contribution in [0.2, 0.25) is 0 Å². The van der Waals surface area contributed by atoms with E-state index in [2.05, 4.69) is 27.8 Å². The largest absolute Gasteiger partial charge is 0.390 e. The molecular formula is C20H35ClFN5O2. The van der Waals surface area contributed by atoms with Crippen LogP contribution < -0.4 is 21.7 Å². The van der Waals surface area contributed by atoms with Crippen LogP contribution in [0.5, 0.6) is 0 Å². The number of aliphatic hydroxyl groups excluding tert-OH is 1. The maximum atomic E-state index is 14.0. The van der Waals surface area contributed by atoms with E-state index in [1.165, 1.54) is 0 Å². The molecule has 4 fully saturated rings. The van der Waals surface area contributed by atoms with E-state index in [4.69, 9.17) is 17.3 Å². The minimum atomic E-state index is -1.66. The number of halogens is 2. The van der Waals surface area contributed by atoms with Gasteiger partial charge in [0.05, 0.1) is 18.4 Å². The Morgan fingerprint density at radius 1 is 1.38 bits per heavy atom. The molecule has 29 heavy (non-hydrogen) atoms. The highest BCUT2D eigenvalue weighted by Crippen LogP contribution is 2.40. The van der Waals surface area contributed by atoms with Crippen LogP contribution in [-0.2, 0) is 4.79 Å². The number of carbonyl (C=O) groups is 1. The molecule has 0 aromatic rings. The van der Waals surface area contributed by atoms with Gasteiger partial charge < -0.3 is 21.5 Å². The Kier molecular flexibility index (Phi) is 6.40. The van der Waals surface area contributed by atoms with Crippen molar-refractivity contribution >= 4 is 17.5 Å². The fourth-order valence-electron chi connectivity index (χ4n) is 5.05. The van der Waals surface area contributed by atoms with Crippen LogP contribution in [0.25, 0.3) is 0 Å². The Hall–Kier alpha value is -0.510. The molecule has 0 radical (unpaired) electrons. The Morgan fingerprint density at radius 2 is 2.14 bits per heavy atom. The number of nitrogens with two attached hydrogens (primary N) is 1. The van der Waals surface area contributed by atoms with Crippen molar-refractivity contribution in [3.05, 3.63) is 0 Å². The molecular weight excluding hydrogens is 397 g/mol. The molecule has 0 aromatic carbocycles. The minimum Gasteiger partial charge on any atom is -0.390 e. The predicted octanol–water partition coefficient (Wildman–Crippen LogP) is 0.113. The third-order valence-electron chi connectivity index (χ3n) is 7.38. The number of carbonyl (C=O) groups excluding carboxylic acids is 1. The summed E-state index contributed by atoms with van der Waals surface area (Å²) >= 11 is 6.55. The summed E-state index contributed by atoms with van der Waals surface area (Å²) in [6, 6.07) is -0.274. The number of hydrogen-bond donors (Lipinski definition) is 5. The minimum absolute atomic E-state index is 0.0346. The smallest absolute Gasteiger partial charge is 0.257 e. The molecule has 6 N–H and O–H groups in total. The van der Waals surface area contributed by atoms with Crippen molar-refractivity contribution in [1.29, 1.82) is 0 Å². The number of alkyl halides is 2. The highest BCUT2D eigenvalue weighted by Gasteiger charge is 2.51. The van der Waals surface area contributed by atoms with Crippen LogP contribution >= 0.6 is 11.6 Å². The molecule has 166 valence electrons. The first-order valence-electron chi connectivity index (χ1n) is 11.1. The van der Waals surface area contributed by atoms with Gasteiger partial charge in [0.2, 0.25) is 0 Å². The lowest BCUT2D eigenvalue weighted by molar-refractivity contribution is -0.127. The van der Waals surface area contributed by atoms with Gasteiger partial charge in [-0.2, -0.15) is 0 Å². The van der Waals surface area contributed by atoms with E-state index < -0.39 is 17.7 Å². The van der Waals surface area contributed by atoms with Crippen LogP contribution in [-0.4, -0.2) is 77.6 Å². The lowest BCUT2D eigenvalue weighted by atomic mass is 9.80. The number of nitrogens with zero attached hydrogens (tertiary/aromatic N) is 1. The van der Waals surface area contributed by atoms with Crippen molar-refractivity contribution in [2.45, 2.75) is 74.6 Å². The summed E-state index contributed by atoms with van der Waals surface area (Å²) in [4.78, 5) is 14.2. The summed E-state index contributed by atoms with van der Waals surface area (Å²) in [6.45, 7) is 4.42. The molecule has 8 atom stereocenters. The van der Waals surface area contributed by atoms with Crippen molar-refractivity contribution in [1.82, 2.24) is 20.9 Å².